The first-order valence-corrected chi connectivity index (χ1v) is 6.59. The van der Waals surface area contributed by atoms with Crippen molar-refractivity contribution in [1.82, 2.24) is 5.32 Å². The maximum atomic E-state index is 5.98. The van der Waals surface area contributed by atoms with Gasteiger partial charge in [0.25, 0.3) is 0 Å². The highest BCUT2D eigenvalue weighted by atomic mass is 14.9. The van der Waals surface area contributed by atoms with Crippen LogP contribution in [0.15, 0.2) is 0 Å². The third kappa shape index (κ3) is 5.53. The van der Waals surface area contributed by atoms with Crippen molar-refractivity contribution in [2.45, 2.75) is 77.4 Å². The van der Waals surface area contributed by atoms with E-state index in [2.05, 4.69) is 26.1 Å². The van der Waals surface area contributed by atoms with Crippen LogP contribution in [0.5, 0.6) is 0 Å². The molecule has 0 aromatic carbocycles. The predicted molar refractivity (Wildman–Crippen MR) is 66.9 cm³/mol. The first-order chi connectivity index (χ1) is 7.08. The molecule has 1 aliphatic carbocycles. The normalized spacial score (nSPS) is 29.4. The standard InChI is InChI=1S/C13H28N2/c1-10(2)7-8-11(3)15-13-6-4-5-12(14)9-13/h10-13,15H,4-9,14H2,1-3H3. The molecule has 1 rings (SSSR count). The third-order valence-electron chi connectivity index (χ3n) is 3.41. The van der Waals surface area contributed by atoms with Crippen molar-refractivity contribution in [1.29, 1.82) is 0 Å². The van der Waals surface area contributed by atoms with Crippen molar-refractivity contribution < 1.29 is 0 Å². The van der Waals surface area contributed by atoms with E-state index in [9.17, 15) is 0 Å². The van der Waals surface area contributed by atoms with Crippen LogP contribution in [0, 0.1) is 5.92 Å². The number of hydrogen-bond acceptors (Lipinski definition) is 2. The highest BCUT2D eigenvalue weighted by Crippen LogP contribution is 2.18. The molecule has 0 aromatic heterocycles. The molecule has 1 fully saturated rings. The van der Waals surface area contributed by atoms with Gasteiger partial charge in [0.1, 0.15) is 0 Å². The molecule has 0 saturated heterocycles. The van der Waals surface area contributed by atoms with Crippen molar-refractivity contribution in [3.8, 4) is 0 Å². The zero-order chi connectivity index (χ0) is 11.3. The number of rotatable bonds is 5. The SMILES string of the molecule is CC(C)CCC(C)NC1CCCC(N)C1. The number of hydrogen-bond donors (Lipinski definition) is 2. The van der Waals surface area contributed by atoms with Crippen LogP contribution in [0.4, 0.5) is 0 Å². The first kappa shape index (κ1) is 13.0. The first-order valence-electron chi connectivity index (χ1n) is 6.59. The summed E-state index contributed by atoms with van der Waals surface area (Å²) in [6.07, 6.45) is 7.64. The molecule has 1 aliphatic rings. The monoisotopic (exact) mass is 212 g/mol. The van der Waals surface area contributed by atoms with Gasteiger partial charge in [-0.15, -0.1) is 0 Å². The summed E-state index contributed by atoms with van der Waals surface area (Å²) >= 11 is 0. The zero-order valence-corrected chi connectivity index (χ0v) is 10.6. The Bertz CT molecular complexity index is 168. The van der Waals surface area contributed by atoms with E-state index in [0.29, 0.717) is 18.1 Å². The van der Waals surface area contributed by atoms with E-state index < -0.39 is 0 Å². The van der Waals surface area contributed by atoms with Crippen LogP contribution < -0.4 is 11.1 Å². The van der Waals surface area contributed by atoms with Crippen molar-refractivity contribution >= 4 is 0 Å². The molecule has 2 heteroatoms. The molecule has 15 heavy (non-hydrogen) atoms. The van der Waals surface area contributed by atoms with Gasteiger partial charge in [0.05, 0.1) is 0 Å². The summed E-state index contributed by atoms with van der Waals surface area (Å²) in [5.74, 6) is 0.822. The van der Waals surface area contributed by atoms with Gasteiger partial charge >= 0.3 is 0 Å². The van der Waals surface area contributed by atoms with E-state index >= 15 is 0 Å². The van der Waals surface area contributed by atoms with Crippen LogP contribution in [-0.2, 0) is 0 Å². The zero-order valence-electron chi connectivity index (χ0n) is 10.6. The maximum absolute atomic E-state index is 5.98. The van der Waals surface area contributed by atoms with Gasteiger partial charge in [-0.05, 0) is 44.9 Å². The quantitative estimate of drug-likeness (QED) is 0.735. The minimum atomic E-state index is 0.438. The second-order valence-corrected chi connectivity index (χ2v) is 5.66. The summed E-state index contributed by atoms with van der Waals surface area (Å²) in [5, 5.41) is 3.72. The molecule has 0 aromatic rings. The third-order valence-corrected chi connectivity index (χ3v) is 3.41. The minimum absolute atomic E-state index is 0.438. The Hall–Kier alpha value is -0.0800. The van der Waals surface area contributed by atoms with Gasteiger partial charge in [-0.25, -0.2) is 0 Å². The van der Waals surface area contributed by atoms with Crippen LogP contribution in [0.3, 0.4) is 0 Å². The molecule has 0 aliphatic heterocycles. The molecular weight excluding hydrogens is 184 g/mol. The predicted octanol–water partition coefficient (Wildman–Crippen LogP) is 2.67. The Morgan fingerprint density at radius 3 is 2.53 bits per heavy atom. The molecule has 3 atom stereocenters. The van der Waals surface area contributed by atoms with Gasteiger partial charge in [-0.3, -0.25) is 0 Å². The van der Waals surface area contributed by atoms with Gasteiger partial charge in [-0.1, -0.05) is 20.3 Å². The van der Waals surface area contributed by atoms with Crippen molar-refractivity contribution in [2.24, 2.45) is 11.7 Å². The van der Waals surface area contributed by atoms with E-state index in [1.54, 1.807) is 0 Å². The fraction of sp³-hybridized carbons (Fsp3) is 1.00. The van der Waals surface area contributed by atoms with Gasteiger partial charge in [0.2, 0.25) is 0 Å². The maximum Gasteiger partial charge on any atom is 0.00842 e. The second-order valence-electron chi connectivity index (χ2n) is 5.66. The van der Waals surface area contributed by atoms with Crippen LogP contribution in [0.1, 0.15) is 59.3 Å². The summed E-state index contributed by atoms with van der Waals surface area (Å²) < 4.78 is 0. The van der Waals surface area contributed by atoms with Crippen molar-refractivity contribution in [3.63, 3.8) is 0 Å². The highest BCUT2D eigenvalue weighted by molar-refractivity contribution is 4.81. The fourth-order valence-electron chi connectivity index (χ4n) is 2.45. The van der Waals surface area contributed by atoms with Gasteiger partial charge < -0.3 is 11.1 Å². The smallest absolute Gasteiger partial charge is 0.00842 e. The molecule has 3 unspecified atom stereocenters. The van der Waals surface area contributed by atoms with E-state index in [1.165, 1.54) is 38.5 Å². The minimum Gasteiger partial charge on any atom is -0.328 e. The van der Waals surface area contributed by atoms with E-state index in [0.717, 1.165) is 5.92 Å². The molecule has 90 valence electrons. The second kappa shape index (κ2) is 6.49. The van der Waals surface area contributed by atoms with E-state index in [-0.39, 0.29) is 0 Å². The molecule has 2 nitrogen and oxygen atoms in total. The molecular formula is C13H28N2. The lowest BCUT2D eigenvalue weighted by Gasteiger charge is -2.30. The Labute approximate surface area is 95.0 Å². The summed E-state index contributed by atoms with van der Waals surface area (Å²) in [4.78, 5) is 0. The van der Waals surface area contributed by atoms with Crippen LogP contribution >= 0.6 is 0 Å². The van der Waals surface area contributed by atoms with Crippen molar-refractivity contribution in [3.05, 3.63) is 0 Å². The lowest BCUT2D eigenvalue weighted by atomic mass is 9.91. The van der Waals surface area contributed by atoms with Crippen LogP contribution in [0.25, 0.3) is 0 Å². The molecule has 1 saturated carbocycles. The summed E-state index contributed by atoms with van der Waals surface area (Å²) in [7, 11) is 0. The summed E-state index contributed by atoms with van der Waals surface area (Å²) in [5.41, 5.74) is 5.98. The Morgan fingerprint density at radius 1 is 1.20 bits per heavy atom. The average molecular weight is 212 g/mol. The Balaban J connectivity index is 2.16. The molecule has 0 amide bonds. The largest absolute Gasteiger partial charge is 0.328 e. The molecule has 0 radical (unpaired) electrons. The lowest BCUT2D eigenvalue weighted by molar-refractivity contribution is 0.305. The Morgan fingerprint density at radius 2 is 1.93 bits per heavy atom. The lowest BCUT2D eigenvalue weighted by Crippen LogP contribution is -2.43. The molecule has 3 N–H and O–H groups in total. The molecule has 0 spiro atoms. The van der Waals surface area contributed by atoms with Gasteiger partial charge in [0.15, 0.2) is 0 Å². The highest BCUT2D eigenvalue weighted by Gasteiger charge is 2.20. The summed E-state index contributed by atoms with van der Waals surface area (Å²) in [6.45, 7) is 6.90. The van der Waals surface area contributed by atoms with Gasteiger partial charge in [0, 0.05) is 18.1 Å². The Kier molecular flexibility index (Phi) is 5.62. The summed E-state index contributed by atoms with van der Waals surface area (Å²) in [6, 6.07) is 1.77. The van der Waals surface area contributed by atoms with E-state index in [4.69, 9.17) is 5.73 Å². The fourth-order valence-corrected chi connectivity index (χ4v) is 2.45. The van der Waals surface area contributed by atoms with Crippen LogP contribution in [0.2, 0.25) is 0 Å². The van der Waals surface area contributed by atoms with Crippen molar-refractivity contribution in [2.75, 3.05) is 0 Å². The molecule has 0 bridgehead atoms. The number of nitrogens with two attached hydrogens (primary N) is 1. The number of nitrogens with one attached hydrogen (secondary N) is 1. The molecule has 0 heterocycles. The van der Waals surface area contributed by atoms with Gasteiger partial charge in [-0.2, -0.15) is 0 Å². The average Bonchev–Trinajstić information content (AvgIpc) is 2.15. The van der Waals surface area contributed by atoms with Crippen LogP contribution in [-0.4, -0.2) is 18.1 Å². The topological polar surface area (TPSA) is 38.0 Å². The van der Waals surface area contributed by atoms with E-state index in [1.807, 2.05) is 0 Å².